The highest BCUT2D eigenvalue weighted by Gasteiger charge is 2.54. The lowest BCUT2D eigenvalue weighted by atomic mass is 9.49. The molecule has 6 rings (SSSR count). The third-order valence-corrected chi connectivity index (χ3v) is 7.73. The number of nitrogen functional groups attached to an aromatic ring is 1. The van der Waals surface area contributed by atoms with Gasteiger partial charge in [0.15, 0.2) is 0 Å². The Morgan fingerprint density at radius 1 is 1.11 bits per heavy atom. The van der Waals surface area contributed by atoms with E-state index in [0.717, 1.165) is 73.3 Å². The summed E-state index contributed by atoms with van der Waals surface area (Å²) in [6.07, 6.45) is 9.42. The number of anilines is 2. The quantitative estimate of drug-likeness (QED) is 0.786. The fourth-order valence-corrected chi connectivity index (χ4v) is 6.90. The first kappa shape index (κ1) is 18.0. The zero-order chi connectivity index (χ0) is 19.3. The molecule has 0 atom stereocenters. The van der Waals surface area contributed by atoms with E-state index in [9.17, 15) is 9.59 Å². The molecule has 0 spiro atoms. The lowest BCUT2D eigenvalue weighted by Gasteiger charge is -2.55. The van der Waals surface area contributed by atoms with Crippen LogP contribution in [-0.2, 0) is 16.0 Å². The van der Waals surface area contributed by atoms with Crippen LogP contribution in [0.3, 0.4) is 0 Å². The van der Waals surface area contributed by atoms with Crippen LogP contribution in [0, 0.1) is 23.2 Å². The number of hydrogen-bond donors (Lipinski definition) is 2. The van der Waals surface area contributed by atoms with Gasteiger partial charge in [-0.25, -0.2) is 0 Å². The first-order valence-electron chi connectivity index (χ1n) is 11.0. The van der Waals surface area contributed by atoms with Gasteiger partial charge >= 0.3 is 0 Å². The van der Waals surface area contributed by atoms with E-state index in [2.05, 4.69) is 5.32 Å². The molecule has 1 aromatic carbocycles. The first-order chi connectivity index (χ1) is 13.5. The zero-order valence-electron chi connectivity index (χ0n) is 16.6. The van der Waals surface area contributed by atoms with E-state index in [1.807, 2.05) is 23.1 Å². The van der Waals surface area contributed by atoms with Crippen molar-refractivity contribution in [2.75, 3.05) is 23.7 Å². The van der Waals surface area contributed by atoms with Gasteiger partial charge in [-0.3, -0.25) is 9.59 Å². The average Bonchev–Trinajstić information content (AvgIpc) is 2.66. The van der Waals surface area contributed by atoms with Gasteiger partial charge in [0.1, 0.15) is 0 Å². The van der Waals surface area contributed by atoms with Crippen LogP contribution in [0.1, 0.15) is 56.9 Å². The fourth-order valence-electron chi connectivity index (χ4n) is 6.90. The number of benzene rings is 1. The molecule has 3 N–H and O–H groups in total. The first-order valence-corrected chi connectivity index (χ1v) is 11.0. The minimum absolute atomic E-state index is 0.0809. The van der Waals surface area contributed by atoms with Gasteiger partial charge in [0.2, 0.25) is 11.8 Å². The lowest BCUT2D eigenvalue weighted by molar-refractivity contribution is -0.146. The van der Waals surface area contributed by atoms with Crippen LogP contribution in [0.2, 0.25) is 0 Å². The molecular formula is C23H31N3O2. The molecular weight excluding hydrogens is 350 g/mol. The third-order valence-electron chi connectivity index (χ3n) is 7.73. The second-order valence-corrected chi connectivity index (χ2v) is 9.70. The molecule has 1 aromatic rings. The van der Waals surface area contributed by atoms with Crippen molar-refractivity contribution < 1.29 is 9.59 Å². The molecule has 4 bridgehead atoms. The second kappa shape index (κ2) is 6.78. The number of nitrogens with zero attached hydrogens (tertiary/aromatic N) is 1. The maximum atomic E-state index is 13.0. The van der Waals surface area contributed by atoms with E-state index in [-0.39, 0.29) is 17.2 Å². The molecule has 0 aromatic heterocycles. The maximum Gasteiger partial charge on any atom is 0.228 e. The van der Waals surface area contributed by atoms with Crippen molar-refractivity contribution >= 4 is 23.2 Å². The SMILES string of the molecule is Nc1cccc2c1CCCN2C(=O)CCNC(=O)C12CC3CC(CC(C3)C1)C2. The Balaban J connectivity index is 1.20. The van der Waals surface area contributed by atoms with Crippen molar-refractivity contribution in [2.45, 2.75) is 57.8 Å². The molecule has 0 unspecified atom stereocenters. The number of nitrogens with two attached hydrogens (primary N) is 1. The molecule has 1 aliphatic heterocycles. The summed E-state index contributed by atoms with van der Waals surface area (Å²) in [7, 11) is 0. The highest BCUT2D eigenvalue weighted by atomic mass is 16.2. The smallest absolute Gasteiger partial charge is 0.228 e. The highest BCUT2D eigenvalue weighted by molar-refractivity contribution is 5.96. The molecule has 0 radical (unpaired) electrons. The number of carbonyl (C=O) groups is 2. The molecule has 150 valence electrons. The molecule has 5 aliphatic rings. The lowest BCUT2D eigenvalue weighted by Crippen LogP contribution is -2.53. The Morgan fingerprint density at radius 3 is 2.46 bits per heavy atom. The summed E-state index contributed by atoms with van der Waals surface area (Å²) in [4.78, 5) is 27.7. The van der Waals surface area contributed by atoms with Crippen LogP contribution < -0.4 is 16.0 Å². The third kappa shape index (κ3) is 2.99. The summed E-state index contributed by atoms with van der Waals surface area (Å²) in [5.74, 6) is 2.57. The molecule has 1 heterocycles. The maximum absolute atomic E-state index is 13.0. The Morgan fingerprint density at radius 2 is 1.79 bits per heavy atom. The Bertz CT molecular complexity index is 768. The number of carbonyl (C=O) groups excluding carboxylic acids is 2. The molecule has 4 aliphatic carbocycles. The molecule has 5 heteroatoms. The van der Waals surface area contributed by atoms with Gasteiger partial charge in [-0.15, -0.1) is 0 Å². The van der Waals surface area contributed by atoms with E-state index in [4.69, 9.17) is 5.73 Å². The van der Waals surface area contributed by atoms with E-state index in [1.54, 1.807) is 0 Å². The van der Waals surface area contributed by atoms with E-state index in [0.29, 0.717) is 13.0 Å². The van der Waals surface area contributed by atoms with E-state index >= 15 is 0 Å². The number of fused-ring (bicyclic) bond motifs is 1. The summed E-state index contributed by atoms with van der Waals surface area (Å²) >= 11 is 0. The predicted octanol–water partition coefficient (Wildman–Crippen LogP) is 3.27. The normalized spacial score (nSPS) is 32.9. The minimum atomic E-state index is -0.135. The molecule has 0 saturated heterocycles. The van der Waals surface area contributed by atoms with Crippen molar-refractivity contribution in [1.82, 2.24) is 5.32 Å². The van der Waals surface area contributed by atoms with Crippen LogP contribution in [0.4, 0.5) is 11.4 Å². The summed E-state index contributed by atoms with van der Waals surface area (Å²) < 4.78 is 0. The number of amides is 2. The summed E-state index contributed by atoms with van der Waals surface area (Å²) in [6, 6.07) is 5.80. The van der Waals surface area contributed by atoms with Crippen LogP contribution in [0.5, 0.6) is 0 Å². The van der Waals surface area contributed by atoms with Crippen LogP contribution >= 0.6 is 0 Å². The molecule has 5 nitrogen and oxygen atoms in total. The van der Waals surface area contributed by atoms with Crippen molar-refractivity contribution in [1.29, 1.82) is 0 Å². The summed E-state index contributed by atoms with van der Waals surface area (Å²) in [5.41, 5.74) is 8.76. The Labute approximate surface area is 167 Å². The number of rotatable bonds is 4. The minimum Gasteiger partial charge on any atom is -0.398 e. The molecule has 4 fully saturated rings. The van der Waals surface area contributed by atoms with Crippen LogP contribution in [0.25, 0.3) is 0 Å². The topological polar surface area (TPSA) is 75.4 Å². The van der Waals surface area contributed by atoms with Gasteiger partial charge in [-0.2, -0.15) is 0 Å². The number of nitrogens with one attached hydrogen (secondary N) is 1. The monoisotopic (exact) mass is 381 g/mol. The zero-order valence-corrected chi connectivity index (χ0v) is 16.6. The van der Waals surface area contributed by atoms with Gasteiger partial charge in [0, 0.05) is 36.3 Å². The standard InChI is InChI=1S/C23H31N3O2/c24-19-4-1-5-20-18(19)3-2-8-26(20)21(27)6-7-25-22(28)23-12-15-9-16(13-23)11-17(10-15)14-23/h1,4-5,15-17H,2-3,6-14,24H2,(H,25,28). The molecule has 4 saturated carbocycles. The number of hydrogen-bond acceptors (Lipinski definition) is 3. The Kier molecular flexibility index (Phi) is 4.37. The van der Waals surface area contributed by atoms with E-state index < -0.39 is 0 Å². The Hall–Kier alpha value is -2.04. The van der Waals surface area contributed by atoms with Crippen molar-refractivity contribution in [3.63, 3.8) is 0 Å². The molecule has 2 amide bonds. The largest absolute Gasteiger partial charge is 0.398 e. The van der Waals surface area contributed by atoms with E-state index in [1.165, 1.54) is 19.3 Å². The van der Waals surface area contributed by atoms with Gasteiger partial charge in [-0.1, -0.05) is 6.07 Å². The van der Waals surface area contributed by atoms with Crippen LogP contribution in [0.15, 0.2) is 18.2 Å². The second-order valence-electron chi connectivity index (χ2n) is 9.70. The van der Waals surface area contributed by atoms with Crippen molar-refractivity contribution in [2.24, 2.45) is 23.2 Å². The van der Waals surface area contributed by atoms with Crippen molar-refractivity contribution in [3.8, 4) is 0 Å². The fraction of sp³-hybridized carbons (Fsp3) is 0.652. The predicted molar refractivity (Wildman–Crippen MR) is 110 cm³/mol. The summed E-state index contributed by atoms with van der Waals surface area (Å²) in [5, 5.41) is 3.13. The van der Waals surface area contributed by atoms with Gasteiger partial charge < -0.3 is 16.0 Å². The average molecular weight is 382 g/mol. The van der Waals surface area contributed by atoms with Gasteiger partial charge in [0.05, 0.1) is 0 Å². The van der Waals surface area contributed by atoms with Crippen LogP contribution in [-0.4, -0.2) is 24.9 Å². The van der Waals surface area contributed by atoms with Gasteiger partial charge in [0.25, 0.3) is 0 Å². The van der Waals surface area contributed by atoms with Crippen molar-refractivity contribution in [3.05, 3.63) is 23.8 Å². The highest BCUT2D eigenvalue weighted by Crippen LogP contribution is 2.60. The van der Waals surface area contributed by atoms with Gasteiger partial charge in [-0.05, 0) is 86.8 Å². The molecule has 28 heavy (non-hydrogen) atoms. The summed E-state index contributed by atoms with van der Waals surface area (Å²) in [6.45, 7) is 1.17.